The van der Waals surface area contributed by atoms with Crippen molar-refractivity contribution in [2.45, 2.75) is 6.42 Å². The first-order chi connectivity index (χ1) is 8.95. The number of hydrogen-bond acceptors (Lipinski definition) is 1. The molecule has 2 aromatic carbocycles. The lowest BCUT2D eigenvalue weighted by molar-refractivity contribution is 0.0992. The Morgan fingerprint density at radius 1 is 1.00 bits per heavy atom. The molecule has 0 bridgehead atoms. The minimum Gasteiger partial charge on any atom is -0.294 e. The summed E-state index contributed by atoms with van der Waals surface area (Å²) in [5, 5.41) is 0. The van der Waals surface area contributed by atoms with Crippen LogP contribution in [0, 0.1) is 11.6 Å². The maximum absolute atomic E-state index is 13.1. The van der Waals surface area contributed by atoms with Crippen molar-refractivity contribution in [1.82, 2.24) is 0 Å². The molecule has 0 aromatic heterocycles. The van der Waals surface area contributed by atoms with Crippen LogP contribution >= 0.6 is 31.9 Å². The average molecular weight is 390 g/mol. The van der Waals surface area contributed by atoms with Crippen molar-refractivity contribution in [1.29, 1.82) is 0 Å². The highest BCUT2D eigenvalue weighted by molar-refractivity contribution is 9.11. The summed E-state index contributed by atoms with van der Waals surface area (Å²) in [6.07, 6.45) is -0.0519. The van der Waals surface area contributed by atoms with Crippen molar-refractivity contribution >= 4 is 37.6 Å². The molecule has 0 fully saturated rings. The molecule has 0 heterocycles. The molecule has 0 spiro atoms. The van der Waals surface area contributed by atoms with Gasteiger partial charge in [-0.15, -0.1) is 0 Å². The van der Waals surface area contributed by atoms with Gasteiger partial charge in [0, 0.05) is 27.0 Å². The molecule has 19 heavy (non-hydrogen) atoms. The average Bonchev–Trinajstić information content (AvgIpc) is 2.30. The summed E-state index contributed by atoms with van der Waals surface area (Å²) >= 11 is 6.56. The third-order valence-electron chi connectivity index (χ3n) is 2.52. The summed E-state index contributed by atoms with van der Waals surface area (Å²) in [4.78, 5) is 12.1. The normalized spacial score (nSPS) is 10.5. The largest absolute Gasteiger partial charge is 0.294 e. The predicted octanol–water partition coefficient (Wildman–Crippen LogP) is 4.92. The zero-order valence-electron chi connectivity index (χ0n) is 9.59. The van der Waals surface area contributed by atoms with Gasteiger partial charge in [0.25, 0.3) is 0 Å². The summed E-state index contributed by atoms with van der Waals surface area (Å²) in [6, 6.07) is 8.30. The van der Waals surface area contributed by atoms with Crippen LogP contribution in [0.15, 0.2) is 45.3 Å². The minimum absolute atomic E-state index is 0.0519. The molecule has 2 rings (SSSR count). The molecule has 2 aromatic rings. The number of rotatable bonds is 3. The molecule has 0 aliphatic carbocycles. The minimum atomic E-state index is -0.684. The van der Waals surface area contributed by atoms with Gasteiger partial charge >= 0.3 is 0 Å². The third kappa shape index (κ3) is 3.70. The number of carbonyl (C=O) groups excluding carboxylic acids is 1. The number of Topliss-reactive ketones (excluding diaryl/α,β-unsaturated/α-hetero) is 1. The number of halogens is 4. The molecule has 0 N–H and O–H groups in total. The van der Waals surface area contributed by atoms with Gasteiger partial charge in [-0.3, -0.25) is 4.79 Å². The van der Waals surface area contributed by atoms with E-state index in [9.17, 15) is 13.6 Å². The smallest absolute Gasteiger partial charge is 0.168 e. The highest BCUT2D eigenvalue weighted by atomic mass is 79.9. The Morgan fingerprint density at radius 2 is 1.63 bits per heavy atom. The van der Waals surface area contributed by atoms with Crippen molar-refractivity contribution in [2.75, 3.05) is 0 Å². The number of ketones is 1. The van der Waals surface area contributed by atoms with Crippen LogP contribution in [0.1, 0.15) is 15.9 Å². The fraction of sp³-hybridized carbons (Fsp3) is 0.0714. The zero-order valence-corrected chi connectivity index (χ0v) is 12.8. The first-order valence-electron chi connectivity index (χ1n) is 5.39. The Hall–Kier alpha value is -1.07. The summed E-state index contributed by atoms with van der Waals surface area (Å²) in [5.41, 5.74) is 0.786. The Balaban J connectivity index is 2.28. The van der Waals surface area contributed by atoms with E-state index < -0.39 is 11.6 Å². The summed E-state index contributed by atoms with van der Waals surface area (Å²) in [7, 11) is 0. The molecular weight excluding hydrogens is 382 g/mol. The summed E-state index contributed by atoms with van der Waals surface area (Å²) in [5.74, 6) is -1.58. The van der Waals surface area contributed by atoms with Crippen molar-refractivity contribution in [3.8, 4) is 0 Å². The molecule has 0 aliphatic heterocycles. The number of hydrogen-bond donors (Lipinski definition) is 0. The van der Waals surface area contributed by atoms with Gasteiger partial charge in [-0.25, -0.2) is 8.78 Å². The summed E-state index contributed by atoms with van der Waals surface area (Å²) in [6.45, 7) is 0. The third-order valence-corrected chi connectivity index (χ3v) is 3.70. The molecule has 0 amide bonds. The van der Waals surface area contributed by atoms with Crippen LogP contribution < -0.4 is 0 Å². The lowest BCUT2D eigenvalue weighted by atomic mass is 10.0. The first-order valence-corrected chi connectivity index (χ1v) is 6.97. The lowest BCUT2D eigenvalue weighted by Gasteiger charge is -2.05. The number of carbonyl (C=O) groups is 1. The van der Waals surface area contributed by atoms with Crippen LogP contribution in [0.5, 0.6) is 0 Å². The highest BCUT2D eigenvalue weighted by Crippen LogP contribution is 2.23. The van der Waals surface area contributed by atoms with Gasteiger partial charge in [0.05, 0.1) is 0 Å². The van der Waals surface area contributed by atoms with Crippen LogP contribution in [0.25, 0.3) is 0 Å². The van der Waals surface area contributed by atoms with Gasteiger partial charge < -0.3 is 0 Å². The van der Waals surface area contributed by atoms with Crippen LogP contribution in [0.3, 0.4) is 0 Å². The lowest BCUT2D eigenvalue weighted by Crippen LogP contribution is -2.05. The van der Waals surface area contributed by atoms with E-state index in [1.54, 1.807) is 18.2 Å². The zero-order chi connectivity index (χ0) is 14.0. The van der Waals surface area contributed by atoms with Gasteiger partial charge in [0.2, 0.25) is 0 Å². The quantitative estimate of drug-likeness (QED) is 0.681. The Kier molecular flexibility index (Phi) is 4.47. The SMILES string of the molecule is O=C(Cc1cc(F)cc(F)c1)c1cc(Br)ccc1Br. The highest BCUT2D eigenvalue weighted by Gasteiger charge is 2.12. The molecule has 0 aliphatic rings. The van der Waals surface area contributed by atoms with Crippen molar-refractivity contribution < 1.29 is 13.6 Å². The number of benzene rings is 2. The van der Waals surface area contributed by atoms with Gasteiger partial charge in [0.1, 0.15) is 11.6 Å². The summed E-state index contributed by atoms with van der Waals surface area (Å²) < 4.78 is 27.5. The second-order valence-corrected chi connectivity index (χ2v) is 5.77. The molecule has 1 nitrogen and oxygen atoms in total. The molecule has 5 heteroatoms. The molecule has 0 atom stereocenters. The maximum Gasteiger partial charge on any atom is 0.168 e. The van der Waals surface area contributed by atoms with Crippen LogP contribution in [0.4, 0.5) is 8.78 Å². The maximum atomic E-state index is 13.1. The van der Waals surface area contributed by atoms with Gasteiger partial charge in [-0.05, 0) is 35.9 Å². The van der Waals surface area contributed by atoms with Crippen LogP contribution in [0.2, 0.25) is 0 Å². The van der Waals surface area contributed by atoms with Crippen molar-refractivity contribution in [2.24, 2.45) is 0 Å². The van der Waals surface area contributed by atoms with E-state index in [4.69, 9.17) is 0 Å². The van der Waals surface area contributed by atoms with Gasteiger partial charge in [0.15, 0.2) is 5.78 Å². The van der Waals surface area contributed by atoms with Crippen LogP contribution in [-0.2, 0) is 6.42 Å². The Bertz CT molecular complexity index is 621. The fourth-order valence-electron chi connectivity index (χ4n) is 1.70. The van der Waals surface area contributed by atoms with E-state index in [1.807, 2.05) is 0 Å². The molecule has 0 unspecified atom stereocenters. The van der Waals surface area contributed by atoms with Crippen LogP contribution in [-0.4, -0.2) is 5.78 Å². The van der Waals surface area contributed by atoms with E-state index in [0.717, 1.165) is 22.7 Å². The molecule has 0 saturated carbocycles. The van der Waals surface area contributed by atoms with E-state index in [2.05, 4.69) is 31.9 Å². The molecular formula is C14H8Br2F2O. The Morgan fingerprint density at radius 3 is 2.26 bits per heavy atom. The topological polar surface area (TPSA) is 17.1 Å². The van der Waals surface area contributed by atoms with Gasteiger partial charge in [-0.2, -0.15) is 0 Å². The van der Waals surface area contributed by atoms with E-state index >= 15 is 0 Å². The van der Waals surface area contributed by atoms with Crippen molar-refractivity contribution in [3.63, 3.8) is 0 Å². The Labute approximate surface area is 125 Å². The van der Waals surface area contributed by atoms with E-state index in [0.29, 0.717) is 15.6 Å². The monoisotopic (exact) mass is 388 g/mol. The predicted molar refractivity (Wildman–Crippen MR) is 76.2 cm³/mol. The fourth-order valence-corrected chi connectivity index (χ4v) is 2.53. The second-order valence-electron chi connectivity index (χ2n) is 4.00. The molecule has 0 radical (unpaired) electrons. The second kappa shape index (κ2) is 5.92. The molecule has 0 saturated heterocycles. The first kappa shape index (κ1) is 14.3. The van der Waals surface area contributed by atoms with E-state index in [-0.39, 0.29) is 12.2 Å². The van der Waals surface area contributed by atoms with E-state index in [1.165, 1.54) is 0 Å². The van der Waals surface area contributed by atoms with Gasteiger partial charge in [-0.1, -0.05) is 31.9 Å². The standard InChI is InChI=1S/C14H8Br2F2O/c15-9-1-2-13(16)12(6-9)14(19)5-8-3-10(17)7-11(18)4-8/h1-4,6-7H,5H2. The molecule has 98 valence electrons. The van der Waals surface area contributed by atoms with Crippen molar-refractivity contribution in [3.05, 3.63) is 68.1 Å².